The molecule has 0 aromatic carbocycles. The molecule has 0 aliphatic heterocycles. The summed E-state index contributed by atoms with van der Waals surface area (Å²) in [7, 11) is 0. The molecule has 0 aromatic rings. The van der Waals surface area contributed by atoms with Crippen molar-refractivity contribution in [2.24, 2.45) is 0 Å². The molecule has 1 atom stereocenters. The molecule has 0 heterocycles. The summed E-state index contributed by atoms with van der Waals surface area (Å²) in [6, 6.07) is 0. The van der Waals surface area contributed by atoms with E-state index in [-0.39, 0.29) is 0 Å². The fraction of sp³-hybridized carbons (Fsp3) is 0.500. The number of hydrogen-bond donors (Lipinski definition) is 0. The molecule has 0 aliphatic carbocycles. The van der Waals surface area contributed by atoms with Crippen molar-refractivity contribution in [1.82, 2.24) is 0 Å². The highest BCUT2D eigenvalue weighted by Crippen LogP contribution is 1.96. The van der Waals surface area contributed by atoms with Crippen LogP contribution in [-0.2, 0) is 9.53 Å². The van der Waals surface area contributed by atoms with Crippen molar-refractivity contribution in [1.29, 1.82) is 0 Å². The minimum Gasteiger partial charge on any atom is -0.428 e. The Morgan fingerprint density at radius 3 is 2.90 bits per heavy atom. The first-order valence-corrected chi connectivity index (χ1v) is 3.83. The summed E-state index contributed by atoms with van der Waals surface area (Å²) in [5.41, 5.74) is 0. The molecule has 0 radical (unpaired) electrons. The minimum absolute atomic E-state index is 0.550. The monoisotopic (exact) mass is 210 g/mol. The predicted octanol–water partition coefficient (Wildman–Crippen LogP) is 1.80. The number of halogens is 2. The number of carbonyl (C=O) groups excluding carboxylic acids is 1. The van der Waals surface area contributed by atoms with Crippen molar-refractivity contribution < 1.29 is 13.9 Å². The highest BCUT2D eigenvalue weighted by atomic mass is 79.9. The molecular weight excluding hydrogens is 203 g/mol. The molecule has 0 amide bonds. The molecule has 0 rings (SSSR count). The van der Waals surface area contributed by atoms with Crippen molar-refractivity contribution in [2.75, 3.05) is 5.33 Å². The first-order valence-electron chi connectivity index (χ1n) is 2.70. The van der Waals surface area contributed by atoms with Crippen molar-refractivity contribution in [3.05, 3.63) is 12.2 Å². The summed E-state index contributed by atoms with van der Waals surface area (Å²) in [5, 5.41) is 0.550. The van der Waals surface area contributed by atoms with E-state index in [2.05, 4.69) is 20.7 Å². The van der Waals surface area contributed by atoms with Gasteiger partial charge in [0.2, 0.25) is 0 Å². The van der Waals surface area contributed by atoms with Crippen LogP contribution < -0.4 is 0 Å². The van der Waals surface area contributed by atoms with Crippen LogP contribution in [-0.4, -0.2) is 17.7 Å². The summed E-state index contributed by atoms with van der Waals surface area (Å²) in [6.45, 7) is 1.16. The Bertz CT molecular complexity index is 136. The number of hydrogen-bond acceptors (Lipinski definition) is 2. The van der Waals surface area contributed by atoms with Gasteiger partial charge in [-0.25, -0.2) is 0 Å². The van der Waals surface area contributed by atoms with E-state index in [4.69, 9.17) is 0 Å². The second-order valence-corrected chi connectivity index (χ2v) is 2.19. The van der Waals surface area contributed by atoms with Crippen LogP contribution in [0.25, 0.3) is 0 Å². The Morgan fingerprint density at radius 2 is 2.50 bits per heavy atom. The lowest BCUT2D eigenvalue weighted by Crippen LogP contribution is -2.07. The lowest BCUT2D eigenvalue weighted by molar-refractivity contribution is -0.150. The zero-order chi connectivity index (χ0) is 7.98. The maximum atomic E-state index is 12.3. The number of ether oxygens (including phenoxy) is 1. The average Bonchev–Trinajstić information content (AvgIpc) is 1.82. The van der Waals surface area contributed by atoms with E-state index < -0.39 is 12.3 Å². The van der Waals surface area contributed by atoms with Crippen LogP contribution in [0, 0.1) is 0 Å². The van der Waals surface area contributed by atoms with Gasteiger partial charge in [0.25, 0.3) is 6.36 Å². The van der Waals surface area contributed by atoms with Crippen molar-refractivity contribution in [3.63, 3.8) is 0 Å². The molecule has 4 heteroatoms. The summed E-state index contributed by atoms with van der Waals surface area (Å²) < 4.78 is 16.4. The normalized spacial score (nSPS) is 13.5. The fourth-order valence-electron chi connectivity index (χ4n) is 0.356. The number of rotatable bonds is 3. The van der Waals surface area contributed by atoms with E-state index in [0.717, 1.165) is 13.0 Å². The highest BCUT2D eigenvalue weighted by molar-refractivity contribution is 9.09. The first kappa shape index (κ1) is 9.62. The standard InChI is InChI=1S/C6H8BrFO2/c1-5(9)10-6(8)3-2-4-7/h2-3,6H,4H2,1H3/b3-2+. The Kier molecular flexibility index (Phi) is 5.20. The average molecular weight is 211 g/mol. The molecule has 0 saturated heterocycles. The van der Waals surface area contributed by atoms with E-state index in [1.807, 2.05) is 0 Å². The molecule has 0 spiro atoms. The molecular formula is C6H8BrFO2. The Balaban J connectivity index is 3.52. The molecule has 1 unspecified atom stereocenters. The summed E-state index contributed by atoms with van der Waals surface area (Å²) >= 11 is 3.05. The van der Waals surface area contributed by atoms with Gasteiger partial charge < -0.3 is 4.74 Å². The number of carbonyl (C=O) groups is 1. The van der Waals surface area contributed by atoms with E-state index in [1.54, 1.807) is 0 Å². The van der Waals surface area contributed by atoms with Gasteiger partial charge in [-0.1, -0.05) is 22.0 Å². The van der Waals surface area contributed by atoms with Gasteiger partial charge in [0.15, 0.2) is 0 Å². The molecule has 0 bridgehead atoms. The van der Waals surface area contributed by atoms with E-state index in [1.165, 1.54) is 6.08 Å². The van der Waals surface area contributed by atoms with Crippen molar-refractivity contribution in [2.45, 2.75) is 13.3 Å². The molecule has 0 aromatic heterocycles. The van der Waals surface area contributed by atoms with Gasteiger partial charge in [0.05, 0.1) is 0 Å². The smallest absolute Gasteiger partial charge is 0.305 e. The SMILES string of the molecule is CC(=O)OC(F)/C=C/CBr. The molecule has 0 N–H and O–H groups in total. The van der Waals surface area contributed by atoms with E-state index in [0.29, 0.717) is 5.33 Å². The number of esters is 1. The van der Waals surface area contributed by atoms with Crippen molar-refractivity contribution >= 4 is 21.9 Å². The quantitative estimate of drug-likeness (QED) is 0.404. The Labute approximate surface area is 67.2 Å². The van der Waals surface area contributed by atoms with Crippen LogP contribution in [0.3, 0.4) is 0 Å². The Morgan fingerprint density at radius 1 is 1.90 bits per heavy atom. The van der Waals surface area contributed by atoms with Crippen LogP contribution in [0.2, 0.25) is 0 Å². The van der Waals surface area contributed by atoms with Crippen LogP contribution in [0.1, 0.15) is 6.92 Å². The Hall–Kier alpha value is -0.380. The molecule has 2 nitrogen and oxygen atoms in total. The third kappa shape index (κ3) is 5.75. The van der Waals surface area contributed by atoms with Gasteiger partial charge in [-0.2, -0.15) is 4.39 Å². The summed E-state index contributed by atoms with van der Waals surface area (Å²) in [4.78, 5) is 10.1. The second kappa shape index (κ2) is 5.41. The third-order valence-corrected chi connectivity index (χ3v) is 1.03. The van der Waals surface area contributed by atoms with Gasteiger partial charge >= 0.3 is 5.97 Å². The fourth-order valence-corrected chi connectivity index (χ4v) is 0.572. The predicted molar refractivity (Wildman–Crippen MR) is 39.6 cm³/mol. The number of alkyl halides is 2. The van der Waals surface area contributed by atoms with Gasteiger partial charge in [-0.15, -0.1) is 0 Å². The molecule has 0 saturated carbocycles. The van der Waals surface area contributed by atoms with E-state index in [9.17, 15) is 9.18 Å². The molecule has 58 valence electrons. The zero-order valence-corrected chi connectivity index (χ0v) is 7.10. The maximum absolute atomic E-state index is 12.3. The lowest BCUT2D eigenvalue weighted by Gasteiger charge is -2.00. The molecule has 0 aliphatic rings. The molecule has 10 heavy (non-hydrogen) atoms. The van der Waals surface area contributed by atoms with Gasteiger partial charge in [0, 0.05) is 12.3 Å². The maximum Gasteiger partial charge on any atom is 0.305 e. The van der Waals surface area contributed by atoms with Crippen LogP contribution in [0.4, 0.5) is 4.39 Å². The second-order valence-electron chi connectivity index (χ2n) is 1.54. The third-order valence-electron chi connectivity index (χ3n) is 0.655. The van der Waals surface area contributed by atoms with Crippen LogP contribution >= 0.6 is 15.9 Å². The first-order chi connectivity index (χ1) is 4.66. The van der Waals surface area contributed by atoms with Gasteiger partial charge in [0.1, 0.15) is 0 Å². The topological polar surface area (TPSA) is 26.3 Å². The minimum atomic E-state index is -1.62. The summed E-state index contributed by atoms with van der Waals surface area (Å²) in [6.07, 6.45) is 1.07. The molecule has 0 fully saturated rings. The zero-order valence-electron chi connectivity index (χ0n) is 5.51. The highest BCUT2D eigenvalue weighted by Gasteiger charge is 2.02. The lowest BCUT2D eigenvalue weighted by atomic mass is 10.5. The largest absolute Gasteiger partial charge is 0.428 e. The summed E-state index contributed by atoms with van der Waals surface area (Å²) in [5.74, 6) is -0.619. The van der Waals surface area contributed by atoms with Gasteiger partial charge in [-0.05, 0) is 6.08 Å². The number of allylic oxidation sites excluding steroid dienone is 1. The van der Waals surface area contributed by atoms with Crippen LogP contribution in [0.5, 0.6) is 0 Å². The van der Waals surface area contributed by atoms with Crippen molar-refractivity contribution in [3.8, 4) is 0 Å². The van der Waals surface area contributed by atoms with Gasteiger partial charge in [-0.3, -0.25) is 4.79 Å². The van der Waals surface area contributed by atoms with E-state index >= 15 is 0 Å². The van der Waals surface area contributed by atoms with Crippen LogP contribution in [0.15, 0.2) is 12.2 Å².